The van der Waals surface area contributed by atoms with E-state index in [1.54, 1.807) is 24.3 Å². The van der Waals surface area contributed by atoms with Gasteiger partial charge in [0.15, 0.2) is 5.76 Å². The van der Waals surface area contributed by atoms with Gasteiger partial charge in [0.2, 0.25) is 0 Å². The van der Waals surface area contributed by atoms with Gasteiger partial charge in [-0.2, -0.15) is 0 Å². The van der Waals surface area contributed by atoms with E-state index in [2.05, 4.69) is 21.2 Å². The number of benzene rings is 1. The molecule has 0 saturated heterocycles. The van der Waals surface area contributed by atoms with Crippen molar-refractivity contribution in [3.8, 4) is 0 Å². The Morgan fingerprint density at radius 2 is 2.24 bits per heavy atom. The van der Waals surface area contributed by atoms with Crippen molar-refractivity contribution in [3.63, 3.8) is 0 Å². The molecule has 3 N–H and O–H groups in total. The zero-order chi connectivity index (χ0) is 12.4. The molecule has 17 heavy (non-hydrogen) atoms. The van der Waals surface area contributed by atoms with Crippen LogP contribution in [0.4, 0.5) is 11.4 Å². The Bertz CT molecular complexity index is 527. The van der Waals surface area contributed by atoms with Gasteiger partial charge in [0.1, 0.15) is 0 Å². The average molecular weight is 295 g/mol. The molecule has 0 fully saturated rings. The summed E-state index contributed by atoms with van der Waals surface area (Å²) in [6, 6.07) is 6.81. The van der Waals surface area contributed by atoms with E-state index in [4.69, 9.17) is 10.2 Å². The minimum Gasteiger partial charge on any atom is -0.459 e. The molecule has 2 rings (SSSR count). The molecule has 5 heteroatoms. The number of furan rings is 1. The van der Waals surface area contributed by atoms with Crippen LogP contribution in [0.3, 0.4) is 0 Å². The normalized spacial score (nSPS) is 10.2. The Morgan fingerprint density at radius 3 is 2.82 bits per heavy atom. The third-order valence-electron chi connectivity index (χ3n) is 2.29. The van der Waals surface area contributed by atoms with Gasteiger partial charge < -0.3 is 15.5 Å². The molecule has 0 unspecified atom stereocenters. The number of halogens is 1. The van der Waals surface area contributed by atoms with Gasteiger partial charge in [0.05, 0.1) is 12.0 Å². The van der Waals surface area contributed by atoms with Crippen molar-refractivity contribution in [2.45, 2.75) is 6.92 Å². The number of hydrogen-bond donors (Lipinski definition) is 2. The standard InChI is InChI=1S/C12H11BrN2O2/c1-7-5-8(14)6-9(13)11(7)15-12(16)10-3-2-4-17-10/h2-6H,14H2,1H3,(H,15,16). The fourth-order valence-electron chi connectivity index (χ4n) is 1.51. The Balaban J connectivity index is 2.28. The highest BCUT2D eigenvalue weighted by Gasteiger charge is 2.12. The lowest BCUT2D eigenvalue weighted by Gasteiger charge is -2.10. The summed E-state index contributed by atoms with van der Waals surface area (Å²) in [6.07, 6.45) is 1.46. The van der Waals surface area contributed by atoms with Gasteiger partial charge in [0, 0.05) is 10.2 Å². The summed E-state index contributed by atoms with van der Waals surface area (Å²) in [6.45, 7) is 1.87. The summed E-state index contributed by atoms with van der Waals surface area (Å²) < 4.78 is 5.76. The van der Waals surface area contributed by atoms with Gasteiger partial charge in [0.25, 0.3) is 5.91 Å². The lowest BCUT2D eigenvalue weighted by molar-refractivity contribution is 0.0996. The highest BCUT2D eigenvalue weighted by atomic mass is 79.9. The van der Waals surface area contributed by atoms with Gasteiger partial charge in [-0.1, -0.05) is 0 Å². The van der Waals surface area contributed by atoms with E-state index in [9.17, 15) is 4.79 Å². The number of aryl methyl sites for hydroxylation is 1. The number of hydrogen-bond acceptors (Lipinski definition) is 3. The van der Waals surface area contributed by atoms with Crippen LogP contribution in [-0.4, -0.2) is 5.91 Å². The summed E-state index contributed by atoms with van der Waals surface area (Å²) in [5.41, 5.74) is 7.92. The van der Waals surface area contributed by atoms with Crippen molar-refractivity contribution in [1.82, 2.24) is 0 Å². The molecule has 0 radical (unpaired) electrons. The average Bonchev–Trinajstić information content (AvgIpc) is 2.76. The second-order valence-electron chi connectivity index (χ2n) is 3.63. The SMILES string of the molecule is Cc1cc(N)cc(Br)c1NC(=O)c1ccco1. The summed E-state index contributed by atoms with van der Waals surface area (Å²) >= 11 is 3.36. The lowest BCUT2D eigenvalue weighted by atomic mass is 10.2. The Morgan fingerprint density at radius 1 is 1.47 bits per heavy atom. The zero-order valence-electron chi connectivity index (χ0n) is 9.16. The number of rotatable bonds is 2. The first-order chi connectivity index (χ1) is 8.08. The number of nitrogens with one attached hydrogen (secondary N) is 1. The molecule has 0 aliphatic heterocycles. The quantitative estimate of drug-likeness (QED) is 0.836. The van der Waals surface area contributed by atoms with E-state index in [1.165, 1.54) is 6.26 Å². The largest absolute Gasteiger partial charge is 0.459 e. The molecule has 88 valence electrons. The first-order valence-electron chi connectivity index (χ1n) is 4.98. The molecular weight excluding hydrogens is 284 g/mol. The Labute approximate surface area is 107 Å². The fourth-order valence-corrected chi connectivity index (χ4v) is 2.19. The smallest absolute Gasteiger partial charge is 0.291 e. The predicted molar refractivity (Wildman–Crippen MR) is 70.0 cm³/mol. The second-order valence-corrected chi connectivity index (χ2v) is 4.48. The van der Waals surface area contributed by atoms with Gasteiger partial charge in [-0.25, -0.2) is 0 Å². The third-order valence-corrected chi connectivity index (χ3v) is 2.92. The van der Waals surface area contributed by atoms with Gasteiger partial charge in [-0.05, 0) is 52.7 Å². The van der Waals surface area contributed by atoms with Crippen molar-refractivity contribution in [1.29, 1.82) is 0 Å². The third kappa shape index (κ3) is 2.50. The number of anilines is 2. The number of carbonyl (C=O) groups excluding carboxylic acids is 1. The van der Waals surface area contributed by atoms with E-state index in [1.807, 2.05) is 6.92 Å². The first kappa shape index (κ1) is 11.7. The summed E-state index contributed by atoms with van der Waals surface area (Å²) in [5, 5.41) is 2.77. The minimum atomic E-state index is -0.288. The number of nitrogen functional groups attached to an aromatic ring is 1. The van der Waals surface area contributed by atoms with E-state index in [-0.39, 0.29) is 11.7 Å². The maximum absolute atomic E-state index is 11.8. The molecule has 0 aliphatic carbocycles. The van der Waals surface area contributed by atoms with Gasteiger partial charge >= 0.3 is 0 Å². The van der Waals surface area contributed by atoms with Crippen molar-refractivity contribution in [2.75, 3.05) is 11.1 Å². The molecule has 0 spiro atoms. The number of carbonyl (C=O) groups is 1. The first-order valence-corrected chi connectivity index (χ1v) is 5.77. The van der Waals surface area contributed by atoms with Gasteiger partial charge in [-0.3, -0.25) is 4.79 Å². The van der Waals surface area contributed by atoms with E-state index in [0.29, 0.717) is 11.4 Å². The predicted octanol–water partition coefficient (Wildman–Crippen LogP) is 3.19. The second kappa shape index (κ2) is 4.63. The molecule has 1 heterocycles. The van der Waals surface area contributed by atoms with E-state index >= 15 is 0 Å². The maximum atomic E-state index is 11.8. The molecular formula is C12H11BrN2O2. The molecule has 1 aromatic carbocycles. The van der Waals surface area contributed by atoms with Crippen LogP contribution in [0.5, 0.6) is 0 Å². The summed E-state index contributed by atoms with van der Waals surface area (Å²) in [5.74, 6) is -0.0169. The molecule has 0 bridgehead atoms. The van der Waals surface area contributed by atoms with Crippen molar-refractivity contribution >= 4 is 33.2 Å². The van der Waals surface area contributed by atoms with Crippen LogP contribution in [0.25, 0.3) is 0 Å². The van der Waals surface area contributed by atoms with Crippen LogP contribution in [0.15, 0.2) is 39.4 Å². The Hall–Kier alpha value is -1.75. The van der Waals surface area contributed by atoms with Gasteiger partial charge in [-0.15, -0.1) is 0 Å². The fraction of sp³-hybridized carbons (Fsp3) is 0.0833. The maximum Gasteiger partial charge on any atom is 0.291 e. The molecule has 0 aliphatic rings. The molecule has 2 aromatic rings. The summed E-state index contributed by atoms with van der Waals surface area (Å²) in [4.78, 5) is 11.8. The van der Waals surface area contributed by atoms with Crippen LogP contribution in [0.2, 0.25) is 0 Å². The molecule has 0 atom stereocenters. The number of amides is 1. The highest BCUT2D eigenvalue weighted by Crippen LogP contribution is 2.29. The van der Waals surface area contributed by atoms with Crippen LogP contribution < -0.4 is 11.1 Å². The van der Waals surface area contributed by atoms with Crippen molar-refractivity contribution < 1.29 is 9.21 Å². The van der Waals surface area contributed by atoms with E-state index in [0.717, 1.165) is 10.0 Å². The highest BCUT2D eigenvalue weighted by molar-refractivity contribution is 9.10. The molecule has 4 nitrogen and oxygen atoms in total. The van der Waals surface area contributed by atoms with Crippen molar-refractivity contribution in [3.05, 3.63) is 46.3 Å². The van der Waals surface area contributed by atoms with E-state index < -0.39 is 0 Å². The van der Waals surface area contributed by atoms with Crippen LogP contribution in [0.1, 0.15) is 16.1 Å². The van der Waals surface area contributed by atoms with Crippen LogP contribution >= 0.6 is 15.9 Å². The van der Waals surface area contributed by atoms with Crippen molar-refractivity contribution in [2.24, 2.45) is 0 Å². The summed E-state index contributed by atoms with van der Waals surface area (Å²) in [7, 11) is 0. The lowest BCUT2D eigenvalue weighted by Crippen LogP contribution is -2.12. The monoisotopic (exact) mass is 294 g/mol. The molecule has 1 amide bonds. The minimum absolute atomic E-state index is 0.271. The topological polar surface area (TPSA) is 68.3 Å². The van der Waals surface area contributed by atoms with Crippen LogP contribution in [-0.2, 0) is 0 Å². The molecule has 1 aromatic heterocycles. The Kier molecular flexibility index (Phi) is 3.19. The molecule has 0 saturated carbocycles. The van der Waals surface area contributed by atoms with Crippen LogP contribution in [0, 0.1) is 6.92 Å². The number of nitrogens with two attached hydrogens (primary N) is 1. The zero-order valence-corrected chi connectivity index (χ0v) is 10.7.